The summed E-state index contributed by atoms with van der Waals surface area (Å²) in [4.78, 5) is 47.2. The van der Waals surface area contributed by atoms with Gasteiger partial charge in [-0.15, -0.1) is 11.3 Å². The first-order valence-corrected chi connectivity index (χ1v) is 16.2. The van der Waals surface area contributed by atoms with Crippen LogP contribution in [0, 0.1) is 0 Å². The number of para-hydroxylation sites is 1. The molecular weight excluding hydrogens is 602 g/mol. The Morgan fingerprint density at radius 2 is 1.93 bits per heavy atom. The number of piperidine rings is 1. The Bertz CT molecular complexity index is 1640. The molecule has 2 fully saturated rings. The van der Waals surface area contributed by atoms with Crippen molar-refractivity contribution in [2.24, 2.45) is 0 Å². The summed E-state index contributed by atoms with van der Waals surface area (Å²) in [5.74, 6) is -1.35. The number of rotatable bonds is 9. The predicted molar refractivity (Wildman–Crippen MR) is 160 cm³/mol. The second-order valence-electron chi connectivity index (χ2n) is 10.2. The van der Waals surface area contributed by atoms with E-state index in [4.69, 9.17) is 11.6 Å². The zero-order chi connectivity index (χ0) is 29.9. The number of pyridine rings is 1. The quantitative estimate of drug-likeness (QED) is 0.329. The summed E-state index contributed by atoms with van der Waals surface area (Å²) in [5.41, 5.74) is 0.783. The number of carbonyl (C=O) groups excluding carboxylic acids is 3. The first kappa shape index (κ1) is 30.0. The van der Waals surface area contributed by atoms with Crippen LogP contribution in [-0.4, -0.2) is 84.3 Å². The summed E-state index contributed by atoms with van der Waals surface area (Å²) in [6, 6.07) is 10.5. The van der Waals surface area contributed by atoms with E-state index < -0.39 is 22.0 Å². The molecule has 3 amide bonds. The molecule has 0 saturated carbocycles. The number of carbonyl (C=O) groups is 3. The predicted octanol–water partition coefficient (Wildman–Crippen LogP) is 2.96. The summed E-state index contributed by atoms with van der Waals surface area (Å²) in [6.07, 6.45) is 3.73. The number of thiophene rings is 1. The van der Waals surface area contributed by atoms with Crippen molar-refractivity contribution >= 4 is 67.7 Å². The smallest absolute Gasteiger partial charge is 0.252 e. The van der Waals surface area contributed by atoms with Crippen LogP contribution < -0.4 is 10.0 Å². The Hall–Kier alpha value is -3.52. The highest BCUT2D eigenvalue weighted by Crippen LogP contribution is 2.24. The fourth-order valence-corrected chi connectivity index (χ4v) is 7.37. The lowest BCUT2D eigenvalue weighted by molar-refractivity contribution is -0.143. The van der Waals surface area contributed by atoms with Crippen molar-refractivity contribution in [3.05, 3.63) is 62.6 Å². The number of nitrogens with zero attached hydrogens (tertiary/aromatic N) is 3. The molecule has 0 bridgehead atoms. The third-order valence-corrected chi connectivity index (χ3v) is 9.62. The third-order valence-electron chi connectivity index (χ3n) is 7.31. The van der Waals surface area contributed by atoms with Crippen LogP contribution >= 0.6 is 22.9 Å². The van der Waals surface area contributed by atoms with E-state index in [-0.39, 0.29) is 42.4 Å². The molecule has 5 rings (SSSR count). The van der Waals surface area contributed by atoms with Crippen molar-refractivity contribution in [3.63, 3.8) is 0 Å². The van der Waals surface area contributed by atoms with E-state index in [1.807, 2.05) is 0 Å². The highest BCUT2D eigenvalue weighted by Gasteiger charge is 2.35. The van der Waals surface area contributed by atoms with Gasteiger partial charge in [-0.3, -0.25) is 14.4 Å². The van der Waals surface area contributed by atoms with Crippen molar-refractivity contribution in [1.82, 2.24) is 24.8 Å². The molecule has 0 radical (unpaired) electrons. The summed E-state index contributed by atoms with van der Waals surface area (Å²) in [6.45, 7) is 0.877. The number of benzene rings is 1. The van der Waals surface area contributed by atoms with Crippen LogP contribution in [0.3, 0.4) is 0 Å². The molecule has 2 aromatic heterocycles. The number of aromatic hydroxyl groups is 1. The van der Waals surface area contributed by atoms with Gasteiger partial charge in [0.2, 0.25) is 27.7 Å². The molecular formula is C28H30ClN5O6S2. The average molecular weight is 632 g/mol. The minimum absolute atomic E-state index is 0.173. The molecule has 0 unspecified atom stereocenters. The molecule has 3 aromatic rings. The van der Waals surface area contributed by atoms with E-state index in [1.54, 1.807) is 41.3 Å². The normalized spacial score (nSPS) is 19.6. The van der Waals surface area contributed by atoms with Gasteiger partial charge < -0.3 is 20.2 Å². The number of halogens is 1. The third kappa shape index (κ3) is 7.09. The second-order valence-corrected chi connectivity index (χ2v) is 13.5. The number of sulfonamides is 1. The van der Waals surface area contributed by atoms with Crippen LogP contribution in [0.15, 0.2) is 47.9 Å². The largest absolute Gasteiger partial charge is 0.493 e. The zero-order valence-electron chi connectivity index (χ0n) is 22.5. The van der Waals surface area contributed by atoms with E-state index in [9.17, 15) is 27.9 Å². The average Bonchev–Trinajstić information content (AvgIpc) is 3.61. The lowest BCUT2D eigenvalue weighted by Gasteiger charge is -2.34. The van der Waals surface area contributed by atoms with Crippen molar-refractivity contribution in [2.75, 3.05) is 26.2 Å². The van der Waals surface area contributed by atoms with Crippen molar-refractivity contribution in [1.29, 1.82) is 0 Å². The maximum Gasteiger partial charge on any atom is 0.252 e. The van der Waals surface area contributed by atoms with Gasteiger partial charge in [0.15, 0.2) is 0 Å². The monoisotopic (exact) mass is 631 g/mol. The van der Waals surface area contributed by atoms with Gasteiger partial charge in [-0.25, -0.2) is 13.4 Å². The number of nitrogens with one attached hydrogen (secondary N) is 2. The van der Waals surface area contributed by atoms with Gasteiger partial charge in [0, 0.05) is 47.4 Å². The fourth-order valence-electron chi connectivity index (χ4n) is 5.30. The van der Waals surface area contributed by atoms with Crippen molar-refractivity contribution < 1.29 is 27.9 Å². The van der Waals surface area contributed by atoms with Crippen LogP contribution in [0.2, 0.25) is 4.34 Å². The minimum atomic E-state index is -3.90. The van der Waals surface area contributed by atoms with E-state index in [0.29, 0.717) is 52.5 Å². The van der Waals surface area contributed by atoms with E-state index in [1.165, 1.54) is 28.4 Å². The number of hydrogen-bond donors (Lipinski definition) is 3. The van der Waals surface area contributed by atoms with Crippen LogP contribution in [0.5, 0.6) is 5.88 Å². The first-order valence-electron chi connectivity index (χ1n) is 13.5. The van der Waals surface area contributed by atoms with Gasteiger partial charge >= 0.3 is 0 Å². The topological polar surface area (TPSA) is 149 Å². The van der Waals surface area contributed by atoms with Gasteiger partial charge in [-0.1, -0.05) is 29.8 Å². The van der Waals surface area contributed by atoms with Crippen LogP contribution in [0.25, 0.3) is 17.0 Å². The highest BCUT2D eigenvalue weighted by atomic mass is 35.5. The zero-order valence-corrected chi connectivity index (χ0v) is 24.9. The molecule has 11 nitrogen and oxygen atoms in total. The van der Waals surface area contributed by atoms with Crippen LogP contribution in [-0.2, 0) is 19.6 Å². The van der Waals surface area contributed by atoms with Gasteiger partial charge in [0.05, 0.1) is 22.0 Å². The Morgan fingerprint density at radius 3 is 2.71 bits per heavy atom. The molecule has 42 heavy (non-hydrogen) atoms. The summed E-state index contributed by atoms with van der Waals surface area (Å²) in [7, 11) is -3.90. The molecule has 3 N–H and O–H groups in total. The van der Waals surface area contributed by atoms with Crippen molar-refractivity contribution in [3.8, 4) is 5.88 Å². The minimum Gasteiger partial charge on any atom is -0.493 e. The van der Waals surface area contributed by atoms with Crippen LogP contribution in [0.4, 0.5) is 0 Å². The van der Waals surface area contributed by atoms with Gasteiger partial charge in [0.1, 0.15) is 6.04 Å². The molecule has 2 atom stereocenters. The molecule has 14 heteroatoms. The molecule has 0 spiro atoms. The fraction of sp³-hybridized carbons (Fsp3) is 0.357. The molecule has 4 heterocycles. The lowest BCUT2D eigenvalue weighted by Crippen LogP contribution is -2.55. The van der Waals surface area contributed by atoms with Gasteiger partial charge in [-0.05, 0) is 50.0 Å². The van der Waals surface area contributed by atoms with E-state index in [0.717, 1.165) is 11.8 Å². The number of amides is 3. The summed E-state index contributed by atoms with van der Waals surface area (Å²) < 4.78 is 28.2. The molecule has 222 valence electrons. The molecule has 0 aliphatic carbocycles. The number of hydrogen-bond acceptors (Lipinski definition) is 8. The summed E-state index contributed by atoms with van der Waals surface area (Å²) >= 11 is 7.12. The lowest BCUT2D eigenvalue weighted by atomic mass is 10.1. The Balaban J connectivity index is 1.17. The molecule has 2 aliphatic rings. The Morgan fingerprint density at radius 1 is 1.14 bits per heavy atom. The van der Waals surface area contributed by atoms with Crippen LogP contribution in [0.1, 0.15) is 40.9 Å². The Labute approximate surface area is 252 Å². The van der Waals surface area contributed by atoms with Gasteiger partial charge in [0.25, 0.3) is 5.91 Å². The Kier molecular flexibility index (Phi) is 9.11. The standard InChI is InChI=1S/C28H30ClN5O6S2/c29-24-10-9-19(41-24)11-14-42(39,40)32-23-8-4-12-33(28(23)38)17-26(36)34-13-3-5-18(34)16-30-27(37)21-15-25(35)31-22-7-2-1-6-20(21)22/h1-2,6-7,9-11,14-15,18,23,32H,3-5,8,12-13,16-17H2,(H,30,37)(H,31,35)/b14-11+/t18-,23+/m1/s1. The summed E-state index contributed by atoms with van der Waals surface area (Å²) in [5, 5.41) is 14.4. The van der Waals surface area contributed by atoms with Crippen molar-refractivity contribution in [2.45, 2.75) is 37.8 Å². The first-order chi connectivity index (χ1) is 20.1. The molecule has 1 aromatic carbocycles. The number of aromatic nitrogens is 1. The van der Waals surface area contributed by atoms with E-state index in [2.05, 4.69) is 15.0 Å². The number of likely N-dealkylation sites (tertiary alicyclic amines) is 2. The number of fused-ring (bicyclic) bond motifs is 1. The maximum atomic E-state index is 13.3. The highest BCUT2D eigenvalue weighted by molar-refractivity contribution is 7.92. The molecule has 2 saturated heterocycles. The van der Waals surface area contributed by atoms with Gasteiger partial charge in [-0.2, -0.15) is 4.72 Å². The SMILES string of the molecule is O=C(NC[C@H]1CCCN1C(=O)CN1CCC[C@H](NS(=O)(=O)/C=C/c2ccc(Cl)s2)C1=O)c1cc(O)nc2ccccc12. The maximum absolute atomic E-state index is 13.3. The van der Waals surface area contributed by atoms with E-state index >= 15 is 0 Å². The second kappa shape index (κ2) is 12.8. The molecule has 2 aliphatic heterocycles.